The molecule has 2 unspecified atom stereocenters. The van der Waals surface area contributed by atoms with Crippen molar-refractivity contribution in [2.45, 2.75) is 44.9 Å². The van der Waals surface area contributed by atoms with E-state index in [-0.39, 0.29) is 24.3 Å². The van der Waals surface area contributed by atoms with Crippen LogP contribution >= 0.6 is 11.8 Å². The predicted molar refractivity (Wildman–Crippen MR) is 129 cm³/mol. The molecule has 32 heavy (non-hydrogen) atoms. The van der Waals surface area contributed by atoms with Crippen LogP contribution in [-0.2, 0) is 9.59 Å². The van der Waals surface area contributed by atoms with E-state index in [0.29, 0.717) is 5.69 Å². The van der Waals surface area contributed by atoms with Gasteiger partial charge in [-0.2, -0.15) is 0 Å². The molecule has 166 valence electrons. The number of nitrogens with one attached hydrogen (secondary N) is 1. The van der Waals surface area contributed by atoms with Gasteiger partial charge in [-0.05, 0) is 54.0 Å². The van der Waals surface area contributed by atoms with Crippen molar-refractivity contribution in [3.8, 4) is 0 Å². The normalized spacial score (nSPS) is 20.2. The summed E-state index contributed by atoms with van der Waals surface area (Å²) in [5.41, 5.74) is 4.22. The van der Waals surface area contributed by atoms with Gasteiger partial charge in [-0.3, -0.25) is 9.59 Å². The van der Waals surface area contributed by atoms with Gasteiger partial charge in [0.25, 0.3) is 5.91 Å². The van der Waals surface area contributed by atoms with Crippen LogP contribution in [0.2, 0.25) is 0 Å². The lowest BCUT2D eigenvalue weighted by atomic mass is 10.0. The molecule has 2 atom stereocenters. The van der Waals surface area contributed by atoms with Crippen LogP contribution in [0.5, 0.6) is 0 Å². The topological polar surface area (TPSA) is 69.7 Å². The van der Waals surface area contributed by atoms with Gasteiger partial charge in [0.15, 0.2) is 0 Å². The number of hydrogen-bond donors (Lipinski definition) is 1. The Morgan fingerprint density at radius 3 is 2.59 bits per heavy atom. The molecule has 1 fully saturated rings. The standard InChI is InChI=1S/C25H27N3O3S/c1-15(2)18-9-5-6-10-19(18)26-22(29)14-27-21-12-13-32-23(21)24(30)28(25(27)31)20-11-7-8-16(3)17(20)4/h5-13,15,21,23H,14H2,1-4H3,(H,26,29). The lowest BCUT2D eigenvalue weighted by Crippen LogP contribution is -2.63. The third-order valence-corrected chi connectivity index (χ3v) is 7.15. The Bertz CT molecular complexity index is 1110. The monoisotopic (exact) mass is 449 g/mol. The fourth-order valence-electron chi connectivity index (χ4n) is 4.17. The van der Waals surface area contributed by atoms with Crippen LogP contribution in [0.4, 0.5) is 16.2 Å². The largest absolute Gasteiger partial charge is 0.332 e. The van der Waals surface area contributed by atoms with E-state index in [9.17, 15) is 14.4 Å². The molecule has 4 rings (SSSR count). The first-order valence-electron chi connectivity index (χ1n) is 10.7. The Balaban J connectivity index is 1.62. The molecule has 2 aliphatic rings. The van der Waals surface area contributed by atoms with E-state index in [4.69, 9.17) is 0 Å². The van der Waals surface area contributed by atoms with Crippen LogP contribution in [-0.4, -0.2) is 40.6 Å². The Kier molecular flexibility index (Phi) is 6.11. The number of rotatable bonds is 5. The smallest absolute Gasteiger partial charge is 0.324 e. The molecule has 0 bridgehead atoms. The molecule has 4 amide bonds. The van der Waals surface area contributed by atoms with E-state index in [0.717, 1.165) is 22.4 Å². The van der Waals surface area contributed by atoms with E-state index in [1.807, 2.05) is 61.7 Å². The van der Waals surface area contributed by atoms with Crippen molar-refractivity contribution in [3.05, 3.63) is 70.6 Å². The second-order valence-corrected chi connectivity index (χ2v) is 9.52. The maximum absolute atomic E-state index is 13.5. The van der Waals surface area contributed by atoms with E-state index in [1.165, 1.54) is 21.6 Å². The Morgan fingerprint density at radius 2 is 1.84 bits per heavy atom. The van der Waals surface area contributed by atoms with E-state index in [2.05, 4.69) is 19.2 Å². The summed E-state index contributed by atoms with van der Waals surface area (Å²) in [5, 5.41) is 4.34. The predicted octanol–water partition coefficient (Wildman–Crippen LogP) is 4.83. The summed E-state index contributed by atoms with van der Waals surface area (Å²) in [6.45, 7) is 7.85. The highest BCUT2D eigenvalue weighted by Crippen LogP contribution is 2.37. The number of imide groups is 1. The van der Waals surface area contributed by atoms with Crippen LogP contribution in [0.3, 0.4) is 0 Å². The van der Waals surface area contributed by atoms with Crippen molar-refractivity contribution in [1.29, 1.82) is 0 Å². The molecule has 0 aliphatic carbocycles. The van der Waals surface area contributed by atoms with Crippen molar-refractivity contribution in [2.24, 2.45) is 0 Å². The SMILES string of the molecule is Cc1cccc(N2C(=O)C3SC=CC3N(CC(=O)Nc3ccccc3C(C)C)C2=O)c1C. The third-order valence-electron chi connectivity index (χ3n) is 6.06. The van der Waals surface area contributed by atoms with Crippen LogP contribution < -0.4 is 10.2 Å². The first-order chi connectivity index (χ1) is 15.3. The quantitative estimate of drug-likeness (QED) is 0.710. The zero-order chi connectivity index (χ0) is 23.0. The van der Waals surface area contributed by atoms with Gasteiger partial charge in [0.05, 0.1) is 11.7 Å². The number of benzene rings is 2. The zero-order valence-corrected chi connectivity index (χ0v) is 19.5. The van der Waals surface area contributed by atoms with Gasteiger partial charge in [0.2, 0.25) is 5.91 Å². The lowest BCUT2D eigenvalue weighted by molar-refractivity contribution is -0.121. The van der Waals surface area contributed by atoms with Gasteiger partial charge in [-0.25, -0.2) is 9.69 Å². The second kappa shape index (κ2) is 8.82. The molecule has 0 saturated carbocycles. The maximum atomic E-state index is 13.5. The van der Waals surface area contributed by atoms with Gasteiger partial charge in [-0.15, -0.1) is 11.8 Å². The average molecular weight is 450 g/mol. The Hall–Kier alpha value is -3.06. The number of aryl methyl sites for hydroxylation is 1. The molecular formula is C25H27N3O3S. The summed E-state index contributed by atoms with van der Waals surface area (Å²) in [5.74, 6) is -0.282. The number of carbonyl (C=O) groups excluding carboxylic acids is 3. The summed E-state index contributed by atoms with van der Waals surface area (Å²) >= 11 is 1.39. The summed E-state index contributed by atoms with van der Waals surface area (Å²) in [6, 6.07) is 12.3. The van der Waals surface area contributed by atoms with E-state index >= 15 is 0 Å². The minimum Gasteiger partial charge on any atom is -0.324 e. The van der Waals surface area contributed by atoms with Crippen LogP contribution in [0.25, 0.3) is 0 Å². The van der Waals surface area contributed by atoms with Gasteiger partial charge < -0.3 is 10.2 Å². The van der Waals surface area contributed by atoms with Crippen molar-refractivity contribution in [3.63, 3.8) is 0 Å². The summed E-state index contributed by atoms with van der Waals surface area (Å²) < 4.78 is 0. The number of carbonyl (C=O) groups is 3. The minimum absolute atomic E-state index is 0.133. The zero-order valence-electron chi connectivity index (χ0n) is 18.7. The summed E-state index contributed by atoms with van der Waals surface area (Å²) in [6.07, 6.45) is 1.83. The Labute approximate surface area is 192 Å². The van der Waals surface area contributed by atoms with Gasteiger partial charge in [0.1, 0.15) is 11.8 Å². The maximum Gasteiger partial charge on any atom is 0.332 e. The highest BCUT2D eigenvalue weighted by molar-refractivity contribution is 8.03. The first-order valence-corrected chi connectivity index (χ1v) is 11.7. The number of anilines is 2. The molecule has 1 saturated heterocycles. The molecule has 0 spiro atoms. The third kappa shape index (κ3) is 3.93. The van der Waals surface area contributed by atoms with Crippen molar-refractivity contribution >= 4 is 41.0 Å². The molecule has 1 N–H and O–H groups in total. The van der Waals surface area contributed by atoms with E-state index in [1.54, 1.807) is 6.07 Å². The van der Waals surface area contributed by atoms with Crippen LogP contribution in [0, 0.1) is 13.8 Å². The number of fused-ring (bicyclic) bond motifs is 1. The molecule has 2 aromatic rings. The molecule has 0 radical (unpaired) electrons. The highest BCUT2D eigenvalue weighted by atomic mass is 32.2. The number of urea groups is 1. The molecular weight excluding hydrogens is 422 g/mol. The number of thioether (sulfide) groups is 1. The summed E-state index contributed by atoms with van der Waals surface area (Å²) in [7, 11) is 0. The molecule has 0 aromatic heterocycles. The van der Waals surface area contributed by atoms with Crippen LogP contribution in [0.1, 0.15) is 36.5 Å². The lowest BCUT2D eigenvalue weighted by Gasteiger charge is -2.41. The van der Waals surface area contributed by atoms with Gasteiger partial charge in [0, 0.05) is 5.69 Å². The van der Waals surface area contributed by atoms with Crippen molar-refractivity contribution in [2.75, 3.05) is 16.8 Å². The average Bonchev–Trinajstić information content (AvgIpc) is 3.24. The minimum atomic E-state index is -0.468. The second-order valence-electron chi connectivity index (χ2n) is 8.47. The number of nitrogens with zero attached hydrogens (tertiary/aromatic N) is 2. The fraction of sp³-hybridized carbons (Fsp3) is 0.320. The van der Waals surface area contributed by atoms with Crippen molar-refractivity contribution in [1.82, 2.24) is 4.90 Å². The number of para-hydroxylation sites is 1. The van der Waals surface area contributed by atoms with E-state index < -0.39 is 17.3 Å². The molecule has 6 nitrogen and oxygen atoms in total. The van der Waals surface area contributed by atoms with Crippen molar-refractivity contribution < 1.29 is 14.4 Å². The molecule has 2 aliphatic heterocycles. The van der Waals surface area contributed by atoms with Crippen LogP contribution in [0.15, 0.2) is 53.9 Å². The molecule has 7 heteroatoms. The highest BCUT2D eigenvalue weighted by Gasteiger charge is 2.48. The van der Waals surface area contributed by atoms with Gasteiger partial charge >= 0.3 is 6.03 Å². The number of hydrogen-bond acceptors (Lipinski definition) is 4. The van der Waals surface area contributed by atoms with Gasteiger partial charge in [-0.1, -0.05) is 50.3 Å². The number of amides is 4. The molecule has 2 aromatic carbocycles. The first kappa shape index (κ1) is 22.1. The fourth-order valence-corrected chi connectivity index (χ4v) is 5.21. The molecule has 2 heterocycles. The summed E-state index contributed by atoms with van der Waals surface area (Å²) in [4.78, 5) is 42.5. The Morgan fingerprint density at radius 1 is 1.09 bits per heavy atom.